The molecule has 6 nitrogen and oxygen atoms in total. The van der Waals surface area contributed by atoms with Crippen LogP contribution in [0.3, 0.4) is 0 Å². The van der Waals surface area contributed by atoms with Crippen molar-refractivity contribution >= 4 is 37.5 Å². The third-order valence-corrected chi connectivity index (χ3v) is 4.74. The van der Waals surface area contributed by atoms with E-state index in [1.54, 1.807) is 40.9 Å². The first-order chi connectivity index (χ1) is 10.5. The Morgan fingerprint density at radius 1 is 1.09 bits per heavy atom. The van der Waals surface area contributed by atoms with Crippen molar-refractivity contribution in [1.29, 1.82) is 0 Å². The number of benzene rings is 1. The summed E-state index contributed by atoms with van der Waals surface area (Å²) in [5.41, 5.74) is 0.572. The Labute approximate surface area is 135 Å². The van der Waals surface area contributed by atoms with Gasteiger partial charge in [-0.25, -0.2) is 18.1 Å². The van der Waals surface area contributed by atoms with E-state index < -0.39 is 15.9 Å². The molecule has 8 heteroatoms. The van der Waals surface area contributed by atoms with Gasteiger partial charge in [0, 0.05) is 16.9 Å². The number of fused-ring (bicyclic) bond motifs is 1. The summed E-state index contributed by atoms with van der Waals surface area (Å²) < 4.78 is 28.7. The number of hydrogen-bond donors (Lipinski definition) is 1. The van der Waals surface area contributed by atoms with Crippen LogP contribution in [0.15, 0.2) is 64.2 Å². The second-order valence-electron chi connectivity index (χ2n) is 4.49. The average molecular weight is 380 g/mol. The maximum absolute atomic E-state index is 12.1. The molecule has 112 valence electrons. The first kappa shape index (κ1) is 14.7. The van der Waals surface area contributed by atoms with Gasteiger partial charge in [-0.05, 0) is 40.2 Å². The Morgan fingerprint density at radius 3 is 2.55 bits per heavy atom. The fraction of sp³-hybridized carbons (Fsp3) is 0. The molecule has 3 aromatic rings. The van der Waals surface area contributed by atoms with E-state index in [0.29, 0.717) is 5.65 Å². The minimum Gasteiger partial charge on any atom is -0.305 e. The third-order valence-electron chi connectivity index (χ3n) is 2.93. The standard InChI is InChI=1S/C14H10BrN3O3S/c15-10-6-7-13-16-12(9-18(13)8-10)14(19)17-22(20,21)11-4-2-1-3-5-11/h1-9H,(H,17,19). The van der Waals surface area contributed by atoms with Crippen molar-refractivity contribution in [3.05, 3.63) is 65.0 Å². The molecule has 1 amide bonds. The zero-order valence-electron chi connectivity index (χ0n) is 11.1. The molecular formula is C14H10BrN3O3S. The quantitative estimate of drug-likeness (QED) is 0.756. The fourth-order valence-electron chi connectivity index (χ4n) is 1.91. The summed E-state index contributed by atoms with van der Waals surface area (Å²) in [4.78, 5) is 16.2. The molecule has 0 unspecified atom stereocenters. The number of nitrogens with zero attached hydrogens (tertiary/aromatic N) is 2. The molecule has 0 bridgehead atoms. The van der Waals surface area contributed by atoms with Gasteiger partial charge in [0.25, 0.3) is 15.9 Å². The molecule has 0 spiro atoms. The number of carbonyl (C=O) groups is 1. The zero-order valence-corrected chi connectivity index (χ0v) is 13.5. The van der Waals surface area contributed by atoms with Crippen LogP contribution in [0.2, 0.25) is 0 Å². The maximum atomic E-state index is 12.1. The van der Waals surface area contributed by atoms with E-state index in [9.17, 15) is 13.2 Å². The predicted octanol–water partition coefficient (Wildman–Crippen LogP) is 2.22. The van der Waals surface area contributed by atoms with Gasteiger partial charge in [0.15, 0.2) is 0 Å². The lowest BCUT2D eigenvalue weighted by molar-refractivity contribution is 0.0977. The lowest BCUT2D eigenvalue weighted by Gasteiger charge is -2.04. The molecule has 0 fully saturated rings. The van der Waals surface area contributed by atoms with E-state index in [0.717, 1.165) is 4.47 Å². The molecule has 1 N–H and O–H groups in total. The van der Waals surface area contributed by atoms with Gasteiger partial charge in [0.05, 0.1) is 4.90 Å². The Kier molecular flexibility index (Phi) is 3.71. The Morgan fingerprint density at radius 2 is 1.82 bits per heavy atom. The SMILES string of the molecule is O=C(NS(=O)(=O)c1ccccc1)c1cn2cc(Br)ccc2n1. The van der Waals surface area contributed by atoms with Crippen LogP contribution in [0.5, 0.6) is 0 Å². The molecule has 0 radical (unpaired) electrons. The minimum absolute atomic E-state index is 0.0230. The summed E-state index contributed by atoms with van der Waals surface area (Å²) in [5.74, 6) is -0.774. The summed E-state index contributed by atoms with van der Waals surface area (Å²) >= 11 is 3.31. The summed E-state index contributed by atoms with van der Waals surface area (Å²) in [6, 6.07) is 11.2. The Hall–Kier alpha value is -2.19. The average Bonchev–Trinajstić information content (AvgIpc) is 2.91. The summed E-state index contributed by atoms with van der Waals surface area (Å²) in [6.07, 6.45) is 3.20. The molecule has 3 rings (SSSR count). The van der Waals surface area contributed by atoms with Gasteiger partial charge in [0.2, 0.25) is 0 Å². The number of halogens is 1. The molecule has 22 heavy (non-hydrogen) atoms. The van der Waals surface area contributed by atoms with Crippen molar-refractivity contribution in [2.24, 2.45) is 0 Å². The van der Waals surface area contributed by atoms with Crippen molar-refractivity contribution in [1.82, 2.24) is 14.1 Å². The van der Waals surface area contributed by atoms with Gasteiger partial charge in [-0.2, -0.15) is 0 Å². The molecule has 0 atom stereocenters. The third kappa shape index (κ3) is 2.88. The Balaban J connectivity index is 1.90. The van der Waals surface area contributed by atoms with E-state index in [4.69, 9.17) is 0 Å². The summed E-state index contributed by atoms with van der Waals surface area (Å²) in [6.45, 7) is 0. The highest BCUT2D eigenvalue weighted by Crippen LogP contribution is 2.13. The normalized spacial score (nSPS) is 11.5. The molecular weight excluding hydrogens is 370 g/mol. The van der Waals surface area contributed by atoms with Crippen LogP contribution in [0, 0.1) is 0 Å². The van der Waals surface area contributed by atoms with E-state index in [1.165, 1.54) is 18.3 Å². The highest BCUT2D eigenvalue weighted by Gasteiger charge is 2.20. The monoisotopic (exact) mass is 379 g/mol. The van der Waals surface area contributed by atoms with Crippen molar-refractivity contribution in [2.45, 2.75) is 4.90 Å². The van der Waals surface area contributed by atoms with Gasteiger partial charge in [-0.3, -0.25) is 4.79 Å². The highest BCUT2D eigenvalue weighted by atomic mass is 79.9. The number of pyridine rings is 1. The summed E-state index contributed by atoms with van der Waals surface area (Å²) in [7, 11) is -3.91. The van der Waals surface area contributed by atoms with Crippen molar-refractivity contribution < 1.29 is 13.2 Å². The van der Waals surface area contributed by atoms with Crippen molar-refractivity contribution in [2.75, 3.05) is 0 Å². The lowest BCUT2D eigenvalue weighted by atomic mass is 10.4. The van der Waals surface area contributed by atoms with Crippen LogP contribution < -0.4 is 4.72 Å². The van der Waals surface area contributed by atoms with E-state index in [2.05, 4.69) is 20.9 Å². The number of rotatable bonds is 3. The Bertz CT molecular complexity index is 952. The van der Waals surface area contributed by atoms with Gasteiger partial charge in [-0.1, -0.05) is 18.2 Å². The topological polar surface area (TPSA) is 80.5 Å². The van der Waals surface area contributed by atoms with E-state index in [1.807, 2.05) is 4.72 Å². The molecule has 1 aromatic carbocycles. The number of nitrogens with one attached hydrogen (secondary N) is 1. The maximum Gasteiger partial charge on any atom is 0.285 e. The van der Waals surface area contributed by atoms with Crippen molar-refractivity contribution in [3.8, 4) is 0 Å². The van der Waals surface area contributed by atoms with Crippen LogP contribution in [-0.2, 0) is 10.0 Å². The molecule has 0 aliphatic carbocycles. The number of imidazole rings is 1. The van der Waals surface area contributed by atoms with Crippen LogP contribution in [0.4, 0.5) is 0 Å². The van der Waals surface area contributed by atoms with Crippen LogP contribution in [-0.4, -0.2) is 23.7 Å². The molecule has 0 saturated heterocycles. The predicted molar refractivity (Wildman–Crippen MR) is 84.0 cm³/mol. The first-order valence-electron chi connectivity index (χ1n) is 6.22. The number of hydrogen-bond acceptors (Lipinski definition) is 4. The molecule has 0 aliphatic rings. The summed E-state index contributed by atoms with van der Waals surface area (Å²) in [5, 5.41) is 0. The number of sulfonamides is 1. The van der Waals surface area contributed by atoms with Gasteiger partial charge >= 0.3 is 0 Å². The van der Waals surface area contributed by atoms with Crippen LogP contribution in [0.1, 0.15) is 10.5 Å². The molecule has 2 aromatic heterocycles. The smallest absolute Gasteiger partial charge is 0.285 e. The zero-order chi connectivity index (χ0) is 15.7. The minimum atomic E-state index is -3.91. The van der Waals surface area contributed by atoms with E-state index >= 15 is 0 Å². The largest absolute Gasteiger partial charge is 0.305 e. The second kappa shape index (κ2) is 5.54. The van der Waals surface area contributed by atoms with Gasteiger partial charge in [-0.15, -0.1) is 0 Å². The van der Waals surface area contributed by atoms with Crippen molar-refractivity contribution in [3.63, 3.8) is 0 Å². The number of amides is 1. The van der Waals surface area contributed by atoms with Gasteiger partial charge in [0.1, 0.15) is 11.3 Å². The number of carbonyl (C=O) groups excluding carboxylic acids is 1. The second-order valence-corrected chi connectivity index (χ2v) is 7.08. The molecule has 2 heterocycles. The van der Waals surface area contributed by atoms with Crippen LogP contribution in [0.25, 0.3) is 5.65 Å². The lowest BCUT2D eigenvalue weighted by Crippen LogP contribution is -2.30. The highest BCUT2D eigenvalue weighted by molar-refractivity contribution is 9.10. The van der Waals surface area contributed by atoms with Gasteiger partial charge < -0.3 is 4.40 Å². The fourth-order valence-corrected chi connectivity index (χ4v) is 3.24. The first-order valence-corrected chi connectivity index (χ1v) is 8.50. The molecule has 0 saturated carbocycles. The molecule has 0 aliphatic heterocycles. The van der Waals surface area contributed by atoms with E-state index in [-0.39, 0.29) is 10.6 Å². The van der Waals surface area contributed by atoms with Crippen LogP contribution >= 0.6 is 15.9 Å². The number of aromatic nitrogens is 2.